The first-order chi connectivity index (χ1) is 14.2. The summed E-state index contributed by atoms with van der Waals surface area (Å²) in [4.78, 5) is 20.8. The number of aryl methyl sites for hydroxylation is 1. The molecule has 0 spiro atoms. The molecule has 5 rings (SSSR count). The van der Waals surface area contributed by atoms with E-state index in [9.17, 15) is 4.79 Å². The fourth-order valence-electron chi connectivity index (χ4n) is 3.30. The second-order valence-electron chi connectivity index (χ2n) is 6.69. The number of rotatable bonds is 4. The third-order valence-electron chi connectivity index (χ3n) is 4.68. The highest BCUT2D eigenvalue weighted by atomic mass is 32.2. The highest BCUT2D eigenvalue weighted by Crippen LogP contribution is 2.30. The summed E-state index contributed by atoms with van der Waals surface area (Å²) in [6.45, 7) is 1.98. The van der Waals surface area contributed by atoms with Gasteiger partial charge in [0.25, 0.3) is 0 Å². The van der Waals surface area contributed by atoms with Crippen LogP contribution in [-0.4, -0.2) is 19.7 Å². The molecule has 3 heterocycles. The van der Waals surface area contributed by atoms with Gasteiger partial charge in [-0.15, -0.1) is 11.8 Å². The Hall–Kier alpha value is -3.45. The van der Waals surface area contributed by atoms with Crippen LogP contribution in [0.2, 0.25) is 0 Å². The van der Waals surface area contributed by atoms with Crippen LogP contribution in [0.5, 0.6) is 0 Å². The van der Waals surface area contributed by atoms with E-state index >= 15 is 0 Å². The fourth-order valence-corrected chi connectivity index (χ4v) is 4.25. The van der Waals surface area contributed by atoms with Crippen LogP contribution in [0.4, 0.5) is 0 Å². The number of hydrogen-bond acceptors (Lipinski definition) is 6. The second kappa shape index (κ2) is 7.18. The van der Waals surface area contributed by atoms with Crippen molar-refractivity contribution in [3.05, 3.63) is 88.7 Å². The predicted molar refractivity (Wildman–Crippen MR) is 113 cm³/mol. The van der Waals surface area contributed by atoms with Crippen LogP contribution in [0.15, 0.2) is 81.4 Å². The fraction of sp³-hybridized carbons (Fsp3) is 0.0909. The Morgan fingerprint density at radius 1 is 1.03 bits per heavy atom. The predicted octanol–water partition coefficient (Wildman–Crippen LogP) is 4.52. The summed E-state index contributed by atoms with van der Waals surface area (Å²) < 4.78 is 7.16. The number of nitrogens with zero attached hydrogens (tertiary/aromatic N) is 4. The zero-order valence-electron chi connectivity index (χ0n) is 15.6. The van der Waals surface area contributed by atoms with Crippen molar-refractivity contribution in [3.63, 3.8) is 0 Å². The summed E-state index contributed by atoms with van der Waals surface area (Å²) in [6, 6.07) is 17.3. The Bertz CT molecular complexity index is 1390. The van der Waals surface area contributed by atoms with Gasteiger partial charge < -0.3 is 4.42 Å². The maximum atomic E-state index is 12.0. The van der Waals surface area contributed by atoms with Gasteiger partial charge in [0.2, 0.25) is 0 Å². The Balaban J connectivity index is 1.52. The normalized spacial score (nSPS) is 11.3. The van der Waals surface area contributed by atoms with E-state index in [2.05, 4.69) is 15.1 Å². The Morgan fingerprint density at radius 2 is 1.90 bits per heavy atom. The minimum atomic E-state index is -0.344. The second-order valence-corrected chi connectivity index (χ2v) is 7.65. The van der Waals surface area contributed by atoms with Crippen molar-refractivity contribution in [3.8, 4) is 5.69 Å². The highest BCUT2D eigenvalue weighted by molar-refractivity contribution is 7.98. The lowest BCUT2D eigenvalue weighted by atomic mass is 10.1. The van der Waals surface area contributed by atoms with E-state index in [1.807, 2.05) is 55.5 Å². The van der Waals surface area contributed by atoms with Crippen molar-refractivity contribution in [2.75, 3.05) is 0 Å². The molecule has 5 aromatic rings. The number of hydrogen-bond donors (Lipinski definition) is 0. The average Bonchev–Trinajstić information content (AvgIpc) is 3.17. The molecule has 0 N–H and O–H groups in total. The molecule has 0 radical (unpaired) electrons. The quantitative estimate of drug-likeness (QED) is 0.251. The van der Waals surface area contributed by atoms with E-state index in [4.69, 9.17) is 4.42 Å². The summed E-state index contributed by atoms with van der Waals surface area (Å²) in [5.41, 5.74) is 3.93. The van der Waals surface area contributed by atoms with Crippen molar-refractivity contribution < 1.29 is 4.42 Å². The standard InChI is InChI=1S/C22H16N4O2S/c1-14-7-8-17-15(10-20(27)28-19(17)9-14)12-29-22-18-11-25-26(21(18)23-13-24-22)16-5-3-2-4-6-16/h2-11,13H,12H2,1H3. The largest absolute Gasteiger partial charge is 0.423 e. The first-order valence-corrected chi connectivity index (χ1v) is 10.1. The molecule has 0 saturated heterocycles. The Morgan fingerprint density at radius 3 is 2.76 bits per heavy atom. The van der Waals surface area contributed by atoms with E-state index in [1.165, 1.54) is 0 Å². The van der Waals surface area contributed by atoms with E-state index in [-0.39, 0.29) is 5.63 Å². The lowest BCUT2D eigenvalue weighted by Gasteiger charge is -2.07. The maximum Gasteiger partial charge on any atom is 0.336 e. The minimum Gasteiger partial charge on any atom is -0.423 e. The third kappa shape index (κ3) is 3.30. The molecule has 142 valence electrons. The van der Waals surface area contributed by atoms with Crippen LogP contribution < -0.4 is 5.63 Å². The van der Waals surface area contributed by atoms with Gasteiger partial charge in [-0.05, 0) is 36.2 Å². The molecule has 0 aliphatic carbocycles. The first kappa shape index (κ1) is 17.6. The zero-order chi connectivity index (χ0) is 19.8. The molecule has 0 aliphatic heterocycles. The third-order valence-corrected chi connectivity index (χ3v) is 5.73. The molecule has 2 aromatic carbocycles. The van der Waals surface area contributed by atoms with Crippen LogP contribution in [0.3, 0.4) is 0 Å². The summed E-state index contributed by atoms with van der Waals surface area (Å²) in [6.07, 6.45) is 3.33. The van der Waals surface area contributed by atoms with Gasteiger partial charge in [-0.1, -0.05) is 30.3 Å². The van der Waals surface area contributed by atoms with E-state index in [1.54, 1.807) is 35.0 Å². The zero-order valence-corrected chi connectivity index (χ0v) is 16.4. The number of aromatic nitrogens is 4. The average molecular weight is 400 g/mol. The number of para-hydroxylation sites is 1. The minimum absolute atomic E-state index is 0.344. The molecular weight excluding hydrogens is 384 g/mol. The van der Waals surface area contributed by atoms with Gasteiger partial charge in [0, 0.05) is 17.2 Å². The molecule has 0 aliphatic rings. The summed E-state index contributed by atoms with van der Waals surface area (Å²) >= 11 is 1.55. The maximum absolute atomic E-state index is 12.0. The van der Waals surface area contributed by atoms with Gasteiger partial charge in [0.1, 0.15) is 16.9 Å². The topological polar surface area (TPSA) is 73.8 Å². The smallest absolute Gasteiger partial charge is 0.336 e. The van der Waals surface area contributed by atoms with Crippen LogP contribution in [0.25, 0.3) is 27.7 Å². The molecule has 6 nitrogen and oxygen atoms in total. The van der Waals surface area contributed by atoms with E-state index in [0.717, 1.165) is 38.3 Å². The van der Waals surface area contributed by atoms with Crippen LogP contribution >= 0.6 is 11.8 Å². The van der Waals surface area contributed by atoms with Crippen LogP contribution in [-0.2, 0) is 5.75 Å². The lowest BCUT2D eigenvalue weighted by molar-refractivity contribution is 0.559. The summed E-state index contributed by atoms with van der Waals surface area (Å²) in [7, 11) is 0. The van der Waals surface area contributed by atoms with Crippen LogP contribution in [0.1, 0.15) is 11.1 Å². The molecule has 7 heteroatoms. The molecule has 0 unspecified atom stereocenters. The Kier molecular flexibility index (Phi) is 4.37. The van der Waals surface area contributed by atoms with Gasteiger partial charge in [-0.2, -0.15) is 5.10 Å². The molecule has 0 fully saturated rings. The van der Waals surface area contributed by atoms with Crippen LogP contribution in [0, 0.1) is 6.92 Å². The van der Waals surface area contributed by atoms with Gasteiger partial charge in [-0.3, -0.25) is 0 Å². The van der Waals surface area contributed by atoms with Crippen molar-refractivity contribution >= 4 is 33.8 Å². The number of thioether (sulfide) groups is 1. The molecule has 0 bridgehead atoms. The lowest BCUT2D eigenvalue weighted by Crippen LogP contribution is -2.00. The van der Waals surface area contributed by atoms with Crippen molar-refractivity contribution in [2.24, 2.45) is 0 Å². The van der Waals surface area contributed by atoms with Crippen molar-refractivity contribution in [1.29, 1.82) is 0 Å². The number of benzene rings is 2. The summed E-state index contributed by atoms with van der Waals surface area (Å²) in [5, 5.41) is 7.13. The van der Waals surface area contributed by atoms with Gasteiger partial charge in [0.15, 0.2) is 5.65 Å². The molecule has 0 amide bonds. The van der Waals surface area contributed by atoms with E-state index in [0.29, 0.717) is 11.3 Å². The SMILES string of the molecule is Cc1ccc2c(CSc3ncnc4c3cnn4-c3ccccc3)cc(=O)oc2c1. The molecule has 0 atom stereocenters. The van der Waals surface area contributed by atoms with E-state index < -0.39 is 0 Å². The van der Waals surface area contributed by atoms with Crippen molar-refractivity contribution in [1.82, 2.24) is 19.7 Å². The Labute approximate surface area is 170 Å². The molecule has 3 aromatic heterocycles. The van der Waals surface area contributed by atoms with Gasteiger partial charge in [0.05, 0.1) is 17.3 Å². The van der Waals surface area contributed by atoms with Crippen molar-refractivity contribution in [2.45, 2.75) is 17.7 Å². The summed E-state index contributed by atoms with van der Waals surface area (Å²) in [5.74, 6) is 0.591. The molecular formula is C22H16N4O2S. The number of fused-ring (bicyclic) bond motifs is 2. The molecule has 0 saturated carbocycles. The first-order valence-electron chi connectivity index (χ1n) is 9.09. The monoisotopic (exact) mass is 400 g/mol. The molecule has 29 heavy (non-hydrogen) atoms. The van der Waals surface area contributed by atoms with Gasteiger partial charge in [-0.25, -0.2) is 19.4 Å². The highest BCUT2D eigenvalue weighted by Gasteiger charge is 2.13. The van der Waals surface area contributed by atoms with Gasteiger partial charge >= 0.3 is 5.63 Å².